The number of rotatable bonds is 8. The van der Waals surface area contributed by atoms with Gasteiger partial charge in [-0.3, -0.25) is 0 Å². The predicted octanol–water partition coefficient (Wildman–Crippen LogP) is 2.49. The first-order valence-electron chi connectivity index (χ1n) is 6.84. The highest BCUT2D eigenvalue weighted by molar-refractivity contribution is 7.89. The zero-order chi connectivity index (χ0) is 15.1. The summed E-state index contributed by atoms with van der Waals surface area (Å²) in [5.41, 5.74) is 0. The number of aromatic nitrogens is 1. The Hall–Kier alpha value is -1.44. The lowest BCUT2D eigenvalue weighted by molar-refractivity contribution is 0.581. The second-order valence-electron chi connectivity index (χ2n) is 4.53. The minimum absolute atomic E-state index is 0.190. The van der Waals surface area contributed by atoms with Crippen molar-refractivity contribution >= 4 is 27.2 Å². The highest BCUT2D eigenvalue weighted by atomic mass is 32.2. The van der Waals surface area contributed by atoms with Crippen LogP contribution in [0, 0.1) is 0 Å². The Morgan fingerprint density at radius 3 is 2.71 bits per heavy atom. The van der Waals surface area contributed by atoms with E-state index in [1.165, 1.54) is 6.20 Å². The molecule has 21 heavy (non-hydrogen) atoms. The number of thiophene rings is 1. The zero-order valence-corrected chi connectivity index (χ0v) is 13.5. The number of sulfonamides is 1. The van der Waals surface area contributed by atoms with Crippen molar-refractivity contribution in [1.29, 1.82) is 0 Å². The molecular weight excluding hydrogens is 306 g/mol. The molecule has 0 spiro atoms. The molecule has 2 heterocycles. The molecule has 5 nitrogen and oxygen atoms in total. The fourth-order valence-corrected chi connectivity index (χ4v) is 3.43. The van der Waals surface area contributed by atoms with Crippen molar-refractivity contribution < 1.29 is 8.42 Å². The van der Waals surface area contributed by atoms with Gasteiger partial charge in [-0.1, -0.05) is 13.0 Å². The van der Waals surface area contributed by atoms with E-state index in [0.717, 1.165) is 17.8 Å². The maximum absolute atomic E-state index is 12.1. The van der Waals surface area contributed by atoms with E-state index in [4.69, 9.17) is 0 Å². The van der Waals surface area contributed by atoms with Crippen molar-refractivity contribution in [3.63, 3.8) is 0 Å². The second kappa shape index (κ2) is 7.53. The average Bonchev–Trinajstić information content (AvgIpc) is 2.98. The van der Waals surface area contributed by atoms with E-state index in [1.54, 1.807) is 23.5 Å². The number of hydrogen-bond donors (Lipinski definition) is 2. The van der Waals surface area contributed by atoms with E-state index in [2.05, 4.69) is 21.9 Å². The van der Waals surface area contributed by atoms with E-state index >= 15 is 0 Å². The normalized spacial score (nSPS) is 11.5. The third kappa shape index (κ3) is 4.80. The number of nitrogens with one attached hydrogen (secondary N) is 2. The van der Waals surface area contributed by atoms with Gasteiger partial charge in [0.2, 0.25) is 10.0 Å². The van der Waals surface area contributed by atoms with Crippen molar-refractivity contribution in [3.05, 3.63) is 40.7 Å². The number of anilines is 1. The lowest BCUT2D eigenvalue weighted by atomic mass is 10.3. The molecule has 0 aliphatic heterocycles. The first kappa shape index (κ1) is 15.9. The first-order valence-corrected chi connectivity index (χ1v) is 9.20. The van der Waals surface area contributed by atoms with Crippen LogP contribution >= 0.6 is 11.3 Å². The fourth-order valence-electron chi connectivity index (χ4n) is 1.74. The summed E-state index contributed by atoms with van der Waals surface area (Å²) < 4.78 is 26.8. The van der Waals surface area contributed by atoms with Crippen LogP contribution in [0.4, 0.5) is 5.82 Å². The molecule has 0 aliphatic carbocycles. The van der Waals surface area contributed by atoms with E-state index in [-0.39, 0.29) is 4.90 Å². The van der Waals surface area contributed by atoms with Gasteiger partial charge in [0.15, 0.2) is 0 Å². The van der Waals surface area contributed by atoms with Crippen LogP contribution in [0.1, 0.15) is 18.2 Å². The van der Waals surface area contributed by atoms with Crippen LogP contribution in [-0.2, 0) is 16.4 Å². The van der Waals surface area contributed by atoms with Gasteiger partial charge < -0.3 is 5.32 Å². The van der Waals surface area contributed by atoms with E-state index < -0.39 is 10.0 Å². The molecule has 0 amide bonds. The van der Waals surface area contributed by atoms with Crippen molar-refractivity contribution in [3.8, 4) is 0 Å². The number of nitrogens with zero attached hydrogens (tertiary/aromatic N) is 1. The minimum atomic E-state index is -3.49. The van der Waals surface area contributed by atoms with Crippen LogP contribution in [0.5, 0.6) is 0 Å². The SMILES string of the molecule is CCCNc1ccc(S(=O)(=O)NCCc2cccs2)cn1. The fraction of sp³-hybridized carbons (Fsp3) is 0.357. The Bertz CT molecular complexity index is 637. The number of hydrogen-bond acceptors (Lipinski definition) is 5. The summed E-state index contributed by atoms with van der Waals surface area (Å²) in [6, 6.07) is 7.21. The van der Waals surface area contributed by atoms with Gasteiger partial charge in [0.05, 0.1) is 0 Å². The Morgan fingerprint density at radius 2 is 2.10 bits per heavy atom. The van der Waals surface area contributed by atoms with Gasteiger partial charge in [-0.2, -0.15) is 0 Å². The third-order valence-corrected chi connectivity index (χ3v) is 5.23. The van der Waals surface area contributed by atoms with Gasteiger partial charge >= 0.3 is 0 Å². The van der Waals surface area contributed by atoms with Crippen LogP contribution in [0.2, 0.25) is 0 Å². The number of pyridine rings is 1. The van der Waals surface area contributed by atoms with Crippen molar-refractivity contribution in [2.45, 2.75) is 24.7 Å². The molecule has 7 heteroatoms. The standard InChI is InChI=1S/C14H19N3O2S2/c1-2-8-15-14-6-5-13(11-16-14)21(18,19)17-9-7-12-4-3-10-20-12/h3-6,10-11,17H,2,7-9H2,1H3,(H,15,16). The van der Waals surface area contributed by atoms with E-state index in [1.807, 2.05) is 17.5 Å². The lowest BCUT2D eigenvalue weighted by Crippen LogP contribution is -2.26. The molecule has 0 bridgehead atoms. The Kier molecular flexibility index (Phi) is 5.72. The van der Waals surface area contributed by atoms with E-state index in [0.29, 0.717) is 18.8 Å². The summed E-state index contributed by atoms with van der Waals surface area (Å²) in [5, 5.41) is 5.09. The van der Waals surface area contributed by atoms with Gasteiger partial charge in [0.1, 0.15) is 10.7 Å². The third-order valence-electron chi connectivity index (χ3n) is 2.85. The predicted molar refractivity (Wildman–Crippen MR) is 86.2 cm³/mol. The highest BCUT2D eigenvalue weighted by Crippen LogP contribution is 2.12. The second-order valence-corrected chi connectivity index (χ2v) is 7.33. The molecule has 2 N–H and O–H groups in total. The minimum Gasteiger partial charge on any atom is -0.370 e. The molecule has 0 fully saturated rings. The van der Waals surface area contributed by atoms with Crippen LogP contribution in [0.3, 0.4) is 0 Å². The molecule has 0 aromatic carbocycles. The van der Waals surface area contributed by atoms with Gasteiger partial charge in [-0.05, 0) is 36.4 Å². The van der Waals surface area contributed by atoms with Gasteiger partial charge in [0, 0.05) is 24.2 Å². The molecular formula is C14H19N3O2S2. The Morgan fingerprint density at radius 1 is 1.24 bits per heavy atom. The molecule has 0 atom stereocenters. The van der Waals surface area contributed by atoms with Crippen molar-refractivity contribution in [1.82, 2.24) is 9.71 Å². The summed E-state index contributed by atoms with van der Waals surface area (Å²) in [6.07, 6.45) is 3.07. The largest absolute Gasteiger partial charge is 0.370 e. The van der Waals surface area contributed by atoms with Gasteiger partial charge in [-0.15, -0.1) is 11.3 Å². The summed E-state index contributed by atoms with van der Waals surface area (Å²) in [7, 11) is -3.49. The average molecular weight is 325 g/mol. The van der Waals surface area contributed by atoms with Crippen LogP contribution in [0.25, 0.3) is 0 Å². The Labute approximate surface area is 129 Å². The molecule has 0 saturated heterocycles. The molecule has 2 rings (SSSR count). The van der Waals surface area contributed by atoms with Crippen molar-refractivity contribution in [2.75, 3.05) is 18.4 Å². The maximum Gasteiger partial charge on any atom is 0.242 e. The van der Waals surface area contributed by atoms with Crippen molar-refractivity contribution in [2.24, 2.45) is 0 Å². The molecule has 114 valence electrons. The molecule has 2 aromatic rings. The maximum atomic E-state index is 12.1. The molecule has 0 radical (unpaired) electrons. The van der Waals surface area contributed by atoms with Crippen LogP contribution in [0.15, 0.2) is 40.7 Å². The van der Waals surface area contributed by atoms with Gasteiger partial charge in [0.25, 0.3) is 0 Å². The Balaban J connectivity index is 1.92. The van der Waals surface area contributed by atoms with E-state index in [9.17, 15) is 8.42 Å². The summed E-state index contributed by atoms with van der Waals surface area (Å²) >= 11 is 1.62. The highest BCUT2D eigenvalue weighted by Gasteiger charge is 2.13. The smallest absolute Gasteiger partial charge is 0.242 e. The zero-order valence-electron chi connectivity index (χ0n) is 11.9. The monoisotopic (exact) mass is 325 g/mol. The molecule has 2 aromatic heterocycles. The van der Waals surface area contributed by atoms with Crippen LogP contribution in [-0.4, -0.2) is 26.5 Å². The lowest BCUT2D eigenvalue weighted by Gasteiger charge is -2.07. The van der Waals surface area contributed by atoms with Crippen LogP contribution < -0.4 is 10.0 Å². The molecule has 0 aliphatic rings. The van der Waals surface area contributed by atoms with Gasteiger partial charge in [-0.25, -0.2) is 18.1 Å². The summed E-state index contributed by atoms with van der Waals surface area (Å²) in [5.74, 6) is 0.689. The quantitative estimate of drug-likeness (QED) is 0.782. The molecule has 0 unspecified atom stereocenters. The topological polar surface area (TPSA) is 71.1 Å². The summed E-state index contributed by atoms with van der Waals surface area (Å²) in [4.78, 5) is 5.46. The first-order chi connectivity index (χ1) is 10.1. The molecule has 0 saturated carbocycles. The summed E-state index contributed by atoms with van der Waals surface area (Å²) in [6.45, 7) is 3.26.